The van der Waals surface area contributed by atoms with Gasteiger partial charge in [-0.05, 0) is 30.3 Å². The summed E-state index contributed by atoms with van der Waals surface area (Å²) in [6, 6.07) is 7.30. The molecule has 1 aromatic carbocycles. The predicted molar refractivity (Wildman–Crippen MR) is 72.8 cm³/mol. The number of aryl methyl sites for hydroxylation is 1. The number of pyridine rings is 1. The van der Waals surface area contributed by atoms with Crippen LogP contribution in [0.2, 0.25) is 0 Å². The van der Waals surface area contributed by atoms with E-state index in [-0.39, 0.29) is 22.6 Å². The quantitative estimate of drug-likeness (QED) is 0.947. The van der Waals surface area contributed by atoms with E-state index in [2.05, 4.69) is 10.1 Å². The van der Waals surface area contributed by atoms with Crippen molar-refractivity contribution in [1.29, 1.82) is 0 Å². The summed E-state index contributed by atoms with van der Waals surface area (Å²) >= 11 is 0. The number of aromatic nitrogens is 1. The van der Waals surface area contributed by atoms with Crippen LogP contribution in [-0.2, 0) is 7.05 Å². The van der Waals surface area contributed by atoms with Gasteiger partial charge in [0.05, 0.1) is 0 Å². The second kappa shape index (κ2) is 5.92. The summed E-state index contributed by atoms with van der Waals surface area (Å²) in [7, 11) is 1.55. The third-order valence-electron chi connectivity index (χ3n) is 2.71. The van der Waals surface area contributed by atoms with Crippen LogP contribution in [0.3, 0.4) is 0 Å². The van der Waals surface area contributed by atoms with Crippen molar-refractivity contribution in [2.24, 2.45) is 7.05 Å². The number of rotatable bonds is 3. The zero-order chi connectivity index (χ0) is 16.3. The maximum absolute atomic E-state index is 12.0. The first-order valence-electron chi connectivity index (χ1n) is 6.08. The molecule has 0 saturated carbocycles. The van der Waals surface area contributed by atoms with Crippen molar-refractivity contribution < 1.29 is 22.7 Å². The van der Waals surface area contributed by atoms with Gasteiger partial charge in [0, 0.05) is 30.6 Å². The minimum atomic E-state index is -4.77. The van der Waals surface area contributed by atoms with Crippen LogP contribution in [0.15, 0.2) is 47.4 Å². The van der Waals surface area contributed by atoms with Gasteiger partial charge in [0.2, 0.25) is 0 Å². The van der Waals surface area contributed by atoms with Gasteiger partial charge in [-0.2, -0.15) is 0 Å². The van der Waals surface area contributed by atoms with Gasteiger partial charge in [0.1, 0.15) is 5.75 Å². The monoisotopic (exact) mass is 312 g/mol. The molecule has 0 saturated heterocycles. The Bertz CT molecular complexity index is 736. The molecule has 5 nitrogen and oxygen atoms in total. The number of halogens is 3. The highest BCUT2D eigenvalue weighted by molar-refractivity contribution is 6.04. The first-order chi connectivity index (χ1) is 10.2. The number of nitrogens with one attached hydrogen (secondary N) is 1. The van der Waals surface area contributed by atoms with Crippen LogP contribution in [0.5, 0.6) is 5.75 Å². The van der Waals surface area contributed by atoms with Gasteiger partial charge in [-0.3, -0.25) is 9.59 Å². The average molecular weight is 312 g/mol. The van der Waals surface area contributed by atoms with E-state index in [1.54, 1.807) is 7.05 Å². The first-order valence-corrected chi connectivity index (χ1v) is 6.08. The molecule has 0 radical (unpaired) electrons. The number of anilines is 1. The molecule has 1 amide bonds. The summed E-state index contributed by atoms with van der Waals surface area (Å²) in [5.74, 6) is -0.929. The van der Waals surface area contributed by atoms with Crippen molar-refractivity contribution in [3.8, 4) is 5.75 Å². The molecular weight excluding hydrogens is 301 g/mol. The van der Waals surface area contributed by atoms with Gasteiger partial charge < -0.3 is 14.6 Å². The van der Waals surface area contributed by atoms with E-state index in [0.29, 0.717) is 0 Å². The van der Waals surface area contributed by atoms with Gasteiger partial charge in [0.25, 0.3) is 11.5 Å². The van der Waals surface area contributed by atoms with Crippen LogP contribution < -0.4 is 15.6 Å². The Balaban J connectivity index is 2.08. The lowest BCUT2D eigenvalue weighted by Crippen LogP contribution is -2.20. The van der Waals surface area contributed by atoms with Gasteiger partial charge in [-0.1, -0.05) is 0 Å². The van der Waals surface area contributed by atoms with Crippen LogP contribution in [0, 0.1) is 0 Å². The summed E-state index contributed by atoms with van der Waals surface area (Å²) in [5, 5.41) is 2.47. The standard InChI is InChI=1S/C14H11F3N2O3/c1-19-7-6-9(8-12(19)20)13(21)18-10-2-4-11(5-3-10)22-14(15,16)17/h2-8H,1H3,(H,18,21). The van der Waals surface area contributed by atoms with Gasteiger partial charge >= 0.3 is 6.36 Å². The van der Waals surface area contributed by atoms with Crippen LogP contribution in [0.4, 0.5) is 18.9 Å². The topological polar surface area (TPSA) is 60.3 Å². The van der Waals surface area contributed by atoms with Crippen molar-refractivity contribution >= 4 is 11.6 Å². The molecule has 0 unspecified atom stereocenters. The van der Waals surface area contributed by atoms with E-state index in [1.807, 2.05) is 0 Å². The number of ether oxygens (including phenoxy) is 1. The molecule has 0 bridgehead atoms. The van der Waals surface area contributed by atoms with Crippen LogP contribution in [-0.4, -0.2) is 16.8 Å². The van der Waals surface area contributed by atoms with Crippen LogP contribution in [0.25, 0.3) is 0 Å². The smallest absolute Gasteiger partial charge is 0.406 e. The lowest BCUT2D eigenvalue weighted by atomic mass is 10.2. The summed E-state index contributed by atoms with van der Waals surface area (Å²) < 4.78 is 41.1. The van der Waals surface area contributed by atoms with Gasteiger partial charge in [0.15, 0.2) is 0 Å². The highest BCUT2D eigenvalue weighted by atomic mass is 19.4. The third kappa shape index (κ3) is 4.11. The summed E-state index contributed by atoms with van der Waals surface area (Å²) in [4.78, 5) is 23.4. The molecule has 2 rings (SSSR count). The highest BCUT2D eigenvalue weighted by Gasteiger charge is 2.30. The predicted octanol–water partition coefficient (Wildman–Crippen LogP) is 2.54. The maximum Gasteiger partial charge on any atom is 0.573 e. The number of hydrogen-bond donors (Lipinski definition) is 1. The normalized spacial score (nSPS) is 11.1. The number of carbonyl (C=O) groups excluding carboxylic acids is 1. The molecule has 1 heterocycles. The Hall–Kier alpha value is -2.77. The van der Waals surface area contributed by atoms with Crippen LogP contribution in [0.1, 0.15) is 10.4 Å². The summed E-state index contributed by atoms with van der Waals surface area (Å²) in [5.41, 5.74) is 0.0838. The van der Waals surface area contributed by atoms with Crippen molar-refractivity contribution in [3.05, 3.63) is 58.5 Å². The van der Waals surface area contributed by atoms with Crippen molar-refractivity contribution in [2.45, 2.75) is 6.36 Å². The number of carbonyl (C=O) groups is 1. The zero-order valence-corrected chi connectivity index (χ0v) is 11.3. The molecule has 0 spiro atoms. The fraction of sp³-hybridized carbons (Fsp3) is 0.143. The number of benzene rings is 1. The summed E-state index contributed by atoms with van der Waals surface area (Å²) in [6.45, 7) is 0. The van der Waals surface area contributed by atoms with Crippen molar-refractivity contribution in [3.63, 3.8) is 0 Å². The van der Waals surface area contributed by atoms with Gasteiger partial charge in [-0.25, -0.2) is 0 Å². The molecule has 1 N–H and O–H groups in total. The lowest BCUT2D eigenvalue weighted by molar-refractivity contribution is -0.274. The van der Waals surface area contributed by atoms with E-state index in [4.69, 9.17) is 0 Å². The zero-order valence-electron chi connectivity index (χ0n) is 11.3. The molecule has 1 aromatic heterocycles. The van der Waals surface area contributed by atoms with Crippen LogP contribution >= 0.6 is 0 Å². The van der Waals surface area contributed by atoms with Gasteiger partial charge in [-0.15, -0.1) is 13.2 Å². The molecule has 0 fully saturated rings. The SMILES string of the molecule is Cn1ccc(C(=O)Nc2ccc(OC(F)(F)F)cc2)cc1=O. The Morgan fingerprint density at radius 3 is 2.36 bits per heavy atom. The van der Waals surface area contributed by atoms with Crippen molar-refractivity contribution in [1.82, 2.24) is 4.57 Å². The fourth-order valence-electron chi connectivity index (χ4n) is 1.63. The van der Waals surface area contributed by atoms with E-state index in [9.17, 15) is 22.8 Å². The van der Waals surface area contributed by atoms with Crippen molar-refractivity contribution in [2.75, 3.05) is 5.32 Å². The molecule has 22 heavy (non-hydrogen) atoms. The van der Waals surface area contributed by atoms with E-state index >= 15 is 0 Å². The third-order valence-corrected chi connectivity index (χ3v) is 2.71. The molecule has 0 atom stereocenters. The number of amides is 1. The minimum absolute atomic E-state index is 0.152. The molecule has 8 heteroatoms. The molecular formula is C14H11F3N2O3. The Morgan fingerprint density at radius 2 is 1.82 bits per heavy atom. The molecule has 0 aliphatic carbocycles. The highest BCUT2D eigenvalue weighted by Crippen LogP contribution is 2.24. The second-order valence-corrected chi connectivity index (χ2v) is 4.39. The van der Waals surface area contributed by atoms with E-state index in [0.717, 1.165) is 18.2 Å². The molecule has 116 valence electrons. The fourth-order valence-corrected chi connectivity index (χ4v) is 1.63. The number of nitrogens with zero attached hydrogens (tertiary/aromatic N) is 1. The molecule has 0 aliphatic heterocycles. The van der Waals surface area contributed by atoms with E-state index in [1.165, 1.54) is 29.0 Å². The first kappa shape index (κ1) is 15.6. The van der Waals surface area contributed by atoms with E-state index < -0.39 is 12.3 Å². The Morgan fingerprint density at radius 1 is 1.18 bits per heavy atom. The maximum atomic E-state index is 12.0. The average Bonchev–Trinajstić information content (AvgIpc) is 2.42. The largest absolute Gasteiger partial charge is 0.573 e. The number of alkyl halides is 3. The Kier molecular flexibility index (Phi) is 4.20. The summed E-state index contributed by atoms with van der Waals surface area (Å²) in [6.07, 6.45) is -3.33. The second-order valence-electron chi connectivity index (χ2n) is 4.39. The lowest BCUT2D eigenvalue weighted by Gasteiger charge is -2.10. The molecule has 2 aromatic rings. The minimum Gasteiger partial charge on any atom is -0.406 e. The Labute approximate surface area is 122 Å². The molecule has 0 aliphatic rings. The number of hydrogen-bond acceptors (Lipinski definition) is 3.